The molecule has 0 unspecified atom stereocenters. The van der Waals surface area contributed by atoms with Crippen molar-refractivity contribution in [1.82, 2.24) is 0 Å². The first-order valence-electron chi connectivity index (χ1n) is 6.91. The lowest BCUT2D eigenvalue weighted by molar-refractivity contribution is 0.0580. The highest BCUT2D eigenvalue weighted by Crippen LogP contribution is 2.28. The number of hydrogen-bond donors (Lipinski definition) is 0. The van der Waals surface area contributed by atoms with E-state index >= 15 is 0 Å². The number of nitrogens with zero attached hydrogens (tertiary/aromatic N) is 1. The molecule has 0 aliphatic rings. The molecule has 0 saturated carbocycles. The second-order valence-corrected chi connectivity index (χ2v) is 6.04. The number of carbonyl (C=O) groups is 2. The Morgan fingerprint density at radius 2 is 1.82 bits per heavy atom. The van der Waals surface area contributed by atoms with Gasteiger partial charge in [0.05, 0.1) is 18.4 Å². The fourth-order valence-electron chi connectivity index (χ4n) is 1.84. The van der Waals surface area contributed by atoms with Gasteiger partial charge in [0, 0.05) is 12.6 Å². The van der Waals surface area contributed by atoms with Crippen molar-refractivity contribution in [3.63, 3.8) is 0 Å². The van der Waals surface area contributed by atoms with Gasteiger partial charge in [0.2, 0.25) is 0 Å². The molecule has 1 aromatic carbocycles. The van der Waals surface area contributed by atoms with Crippen LogP contribution >= 0.6 is 0 Å². The number of carbonyl (C=O) groups excluding carboxylic acids is 2. The Hall–Kier alpha value is -2.30. The van der Waals surface area contributed by atoms with E-state index < -0.39 is 17.7 Å². The second kappa shape index (κ2) is 6.64. The summed E-state index contributed by atoms with van der Waals surface area (Å²) in [4.78, 5) is 25.3. The van der Waals surface area contributed by atoms with Crippen LogP contribution in [-0.2, 0) is 9.47 Å². The minimum atomic E-state index is -0.602. The lowest BCUT2D eigenvalue weighted by Gasteiger charge is -2.26. The summed E-state index contributed by atoms with van der Waals surface area (Å²) in [6.07, 6.45) is -0.503. The zero-order valence-corrected chi connectivity index (χ0v) is 14.0. The van der Waals surface area contributed by atoms with E-state index in [9.17, 15) is 9.59 Å². The van der Waals surface area contributed by atoms with Crippen molar-refractivity contribution < 1.29 is 19.1 Å². The molecule has 1 aromatic rings. The smallest absolute Gasteiger partial charge is 0.414 e. The summed E-state index contributed by atoms with van der Waals surface area (Å²) in [6, 6.07) is 4.98. The average molecular weight is 305 g/mol. The fourth-order valence-corrected chi connectivity index (χ4v) is 1.84. The minimum absolute atomic E-state index is 0.359. The Morgan fingerprint density at radius 1 is 1.23 bits per heavy atom. The number of allylic oxidation sites excluding steroid dienone is 1. The highest BCUT2D eigenvalue weighted by Gasteiger charge is 2.23. The Morgan fingerprint density at radius 3 is 2.27 bits per heavy atom. The Kier molecular flexibility index (Phi) is 5.36. The summed E-state index contributed by atoms with van der Waals surface area (Å²) in [6.45, 7) is 11.1. The molecule has 0 atom stereocenters. The molecule has 0 bridgehead atoms. The Balaban J connectivity index is 3.26. The highest BCUT2D eigenvalue weighted by molar-refractivity contribution is 5.96. The molecule has 0 spiro atoms. The monoisotopic (exact) mass is 305 g/mol. The minimum Gasteiger partial charge on any atom is -0.465 e. The lowest BCUT2D eigenvalue weighted by atomic mass is 10.0. The summed E-state index contributed by atoms with van der Waals surface area (Å²) in [5.74, 6) is -0.466. The average Bonchev–Trinajstić information content (AvgIpc) is 2.42. The maximum Gasteiger partial charge on any atom is 0.414 e. The molecule has 0 saturated heterocycles. The third kappa shape index (κ3) is 4.35. The van der Waals surface area contributed by atoms with Crippen molar-refractivity contribution in [1.29, 1.82) is 0 Å². The van der Waals surface area contributed by atoms with Gasteiger partial charge in [0.25, 0.3) is 0 Å². The van der Waals surface area contributed by atoms with Gasteiger partial charge in [-0.15, -0.1) is 0 Å². The number of anilines is 1. The van der Waals surface area contributed by atoms with Crippen LogP contribution in [0.25, 0.3) is 5.57 Å². The molecule has 0 aromatic heterocycles. The van der Waals surface area contributed by atoms with Crippen LogP contribution in [0.1, 0.15) is 43.6 Å². The first-order valence-corrected chi connectivity index (χ1v) is 6.91. The van der Waals surface area contributed by atoms with E-state index in [1.807, 2.05) is 6.92 Å². The van der Waals surface area contributed by atoms with E-state index in [2.05, 4.69) is 6.58 Å². The molecule has 5 heteroatoms. The quantitative estimate of drug-likeness (QED) is 0.795. The maximum absolute atomic E-state index is 12.2. The Bertz CT molecular complexity index is 599. The second-order valence-electron chi connectivity index (χ2n) is 6.04. The van der Waals surface area contributed by atoms with Gasteiger partial charge in [0.15, 0.2) is 0 Å². The predicted octanol–water partition coefficient (Wildman–Crippen LogP) is 3.88. The molecule has 0 N–H and O–H groups in total. The molecular weight excluding hydrogens is 282 g/mol. The first kappa shape index (κ1) is 17.8. The summed E-state index contributed by atoms with van der Waals surface area (Å²) < 4.78 is 10.1. The topological polar surface area (TPSA) is 55.8 Å². The molecule has 0 aliphatic heterocycles. The number of esters is 1. The van der Waals surface area contributed by atoms with E-state index in [1.165, 1.54) is 12.0 Å². The molecular formula is C17H23NO4. The third-order valence-corrected chi connectivity index (χ3v) is 2.91. The summed E-state index contributed by atoms with van der Waals surface area (Å²) >= 11 is 0. The van der Waals surface area contributed by atoms with Crippen molar-refractivity contribution in [3.05, 3.63) is 35.9 Å². The van der Waals surface area contributed by atoms with Crippen LogP contribution in [-0.4, -0.2) is 31.8 Å². The van der Waals surface area contributed by atoms with E-state index in [4.69, 9.17) is 9.47 Å². The van der Waals surface area contributed by atoms with Crippen LogP contribution in [0.3, 0.4) is 0 Å². The number of rotatable bonds is 3. The van der Waals surface area contributed by atoms with Crippen LogP contribution in [0.4, 0.5) is 10.5 Å². The SMILES string of the molecule is C=C(C)c1ccc(C(=O)OC)cc1N(C)C(=O)OC(C)(C)C. The van der Waals surface area contributed by atoms with E-state index in [-0.39, 0.29) is 0 Å². The van der Waals surface area contributed by atoms with Crippen molar-refractivity contribution >= 4 is 23.3 Å². The Labute approximate surface area is 131 Å². The van der Waals surface area contributed by atoms with Crippen LogP contribution in [0.15, 0.2) is 24.8 Å². The molecule has 1 rings (SSSR count). The molecule has 22 heavy (non-hydrogen) atoms. The van der Waals surface area contributed by atoms with Gasteiger partial charge in [-0.1, -0.05) is 12.6 Å². The standard InChI is InChI=1S/C17H23NO4/c1-11(2)13-9-8-12(15(19)21-7)10-14(13)18(6)16(20)22-17(3,4)5/h8-10H,1H2,2-7H3. The van der Waals surface area contributed by atoms with E-state index in [0.29, 0.717) is 11.3 Å². The third-order valence-electron chi connectivity index (χ3n) is 2.91. The molecule has 5 nitrogen and oxygen atoms in total. The van der Waals surface area contributed by atoms with E-state index in [0.717, 1.165) is 11.1 Å². The van der Waals surface area contributed by atoms with Gasteiger partial charge >= 0.3 is 12.1 Å². The van der Waals surface area contributed by atoms with E-state index in [1.54, 1.807) is 46.0 Å². The van der Waals surface area contributed by atoms with Gasteiger partial charge in [-0.2, -0.15) is 0 Å². The van der Waals surface area contributed by atoms with Crippen molar-refractivity contribution in [2.45, 2.75) is 33.3 Å². The number of hydrogen-bond acceptors (Lipinski definition) is 4. The van der Waals surface area contributed by atoms with Crippen LogP contribution in [0.5, 0.6) is 0 Å². The highest BCUT2D eigenvalue weighted by atomic mass is 16.6. The number of benzene rings is 1. The molecule has 0 radical (unpaired) electrons. The molecule has 120 valence electrons. The lowest BCUT2D eigenvalue weighted by Crippen LogP contribution is -2.34. The molecule has 0 fully saturated rings. The van der Waals surface area contributed by atoms with Gasteiger partial charge in [-0.05, 0) is 45.4 Å². The summed E-state index contributed by atoms with van der Waals surface area (Å²) in [5.41, 5.74) is 1.85. The zero-order chi connectivity index (χ0) is 17.1. The summed E-state index contributed by atoms with van der Waals surface area (Å²) in [5, 5.41) is 0. The number of methoxy groups -OCH3 is 1. The van der Waals surface area contributed by atoms with Crippen LogP contribution in [0, 0.1) is 0 Å². The zero-order valence-electron chi connectivity index (χ0n) is 14.0. The number of amides is 1. The van der Waals surface area contributed by atoms with Gasteiger partial charge < -0.3 is 9.47 Å². The fraction of sp³-hybridized carbons (Fsp3) is 0.412. The van der Waals surface area contributed by atoms with Crippen molar-refractivity contribution in [2.75, 3.05) is 19.1 Å². The maximum atomic E-state index is 12.2. The van der Waals surface area contributed by atoms with Crippen molar-refractivity contribution in [2.24, 2.45) is 0 Å². The summed E-state index contributed by atoms with van der Waals surface area (Å²) in [7, 11) is 2.91. The normalized spacial score (nSPS) is 10.8. The first-order chi connectivity index (χ1) is 10.1. The largest absolute Gasteiger partial charge is 0.465 e. The molecule has 0 aliphatic carbocycles. The van der Waals surface area contributed by atoms with Crippen LogP contribution < -0.4 is 4.90 Å². The van der Waals surface area contributed by atoms with Gasteiger partial charge in [0.1, 0.15) is 5.60 Å². The van der Waals surface area contributed by atoms with Gasteiger partial charge in [-0.25, -0.2) is 9.59 Å². The molecule has 1 amide bonds. The van der Waals surface area contributed by atoms with Crippen LogP contribution in [0.2, 0.25) is 0 Å². The number of ether oxygens (including phenoxy) is 2. The van der Waals surface area contributed by atoms with Gasteiger partial charge in [-0.3, -0.25) is 4.90 Å². The van der Waals surface area contributed by atoms with Crippen molar-refractivity contribution in [3.8, 4) is 0 Å². The molecule has 0 heterocycles. The predicted molar refractivity (Wildman–Crippen MR) is 87.1 cm³/mol.